The van der Waals surface area contributed by atoms with Crippen molar-refractivity contribution in [1.29, 1.82) is 0 Å². The van der Waals surface area contributed by atoms with E-state index in [0.29, 0.717) is 0 Å². The monoisotopic (exact) mass is 233 g/mol. The molecule has 1 saturated heterocycles. The molecule has 0 aliphatic carbocycles. The Balaban J connectivity index is 1.89. The van der Waals surface area contributed by atoms with Crippen molar-refractivity contribution >= 4 is 5.91 Å². The summed E-state index contributed by atoms with van der Waals surface area (Å²) in [6.07, 6.45) is 5.60. The van der Waals surface area contributed by atoms with Crippen LogP contribution >= 0.6 is 0 Å². The molecule has 2 atom stereocenters. The van der Waals surface area contributed by atoms with Crippen molar-refractivity contribution in [3.63, 3.8) is 0 Å². The molecule has 2 heterocycles. The second kappa shape index (κ2) is 5.77. The number of rotatable bonds is 3. The molecule has 4 nitrogen and oxygen atoms in total. The van der Waals surface area contributed by atoms with Crippen LogP contribution in [0.5, 0.6) is 0 Å². The number of aromatic nitrogens is 1. The van der Waals surface area contributed by atoms with Gasteiger partial charge in [0.2, 0.25) is 5.91 Å². The van der Waals surface area contributed by atoms with Gasteiger partial charge >= 0.3 is 0 Å². The van der Waals surface area contributed by atoms with E-state index in [1.54, 1.807) is 12.4 Å². The lowest BCUT2D eigenvalue weighted by Gasteiger charge is -2.24. The molecule has 1 unspecified atom stereocenters. The number of pyridine rings is 1. The van der Waals surface area contributed by atoms with Crippen LogP contribution in [0.2, 0.25) is 0 Å². The van der Waals surface area contributed by atoms with Gasteiger partial charge in [-0.25, -0.2) is 0 Å². The molecule has 1 fully saturated rings. The van der Waals surface area contributed by atoms with Gasteiger partial charge in [0.25, 0.3) is 0 Å². The van der Waals surface area contributed by atoms with E-state index in [-0.39, 0.29) is 17.9 Å². The van der Waals surface area contributed by atoms with Gasteiger partial charge in [-0.3, -0.25) is 9.78 Å². The minimum Gasteiger partial charge on any atom is -0.349 e. The number of amides is 1. The highest BCUT2D eigenvalue weighted by Crippen LogP contribution is 2.14. The van der Waals surface area contributed by atoms with Crippen LogP contribution in [-0.4, -0.2) is 24.0 Å². The molecule has 1 aromatic rings. The van der Waals surface area contributed by atoms with E-state index in [4.69, 9.17) is 0 Å². The summed E-state index contributed by atoms with van der Waals surface area (Å²) in [7, 11) is 0. The standard InChI is InChI=1S/C13H19N3O/c1-10(11-4-2-6-14-8-11)16-13(17)12-5-3-7-15-9-12/h2,4,6,8,10,12,15H,3,5,7,9H2,1H3,(H,16,17)/t10-,12?/m0/s1. The average molecular weight is 233 g/mol. The van der Waals surface area contributed by atoms with Crippen molar-refractivity contribution < 1.29 is 4.79 Å². The summed E-state index contributed by atoms with van der Waals surface area (Å²) in [4.78, 5) is 16.1. The maximum Gasteiger partial charge on any atom is 0.224 e. The van der Waals surface area contributed by atoms with Crippen LogP contribution in [-0.2, 0) is 4.79 Å². The summed E-state index contributed by atoms with van der Waals surface area (Å²) < 4.78 is 0. The van der Waals surface area contributed by atoms with E-state index >= 15 is 0 Å². The second-order valence-corrected chi connectivity index (χ2v) is 4.56. The van der Waals surface area contributed by atoms with Gasteiger partial charge in [-0.1, -0.05) is 6.07 Å². The van der Waals surface area contributed by atoms with E-state index in [1.807, 2.05) is 19.1 Å². The van der Waals surface area contributed by atoms with Crippen LogP contribution in [0.25, 0.3) is 0 Å². The fourth-order valence-electron chi connectivity index (χ4n) is 2.12. The first-order chi connectivity index (χ1) is 8.27. The quantitative estimate of drug-likeness (QED) is 0.826. The molecule has 1 aliphatic heterocycles. The fourth-order valence-corrected chi connectivity index (χ4v) is 2.12. The van der Waals surface area contributed by atoms with Gasteiger partial charge in [0, 0.05) is 18.9 Å². The molecular weight excluding hydrogens is 214 g/mol. The Hall–Kier alpha value is -1.42. The van der Waals surface area contributed by atoms with Gasteiger partial charge in [-0.05, 0) is 37.9 Å². The molecule has 0 saturated carbocycles. The van der Waals surface area contributed by atoms with Crippen LogP contribution in [0, 0.1) is 5.92 Å². The van der Waals surface area contributed by atoms with Gasteiger partial charge in [-0.2, -0.15) is 0 Å². The maximum atomic E-state index is 12.0. The Bertz CT molecular complexity index is 360. The number of carbonyl (C=O) groups excluding carboxylic acids is 1. The molecule has 1 aromatic heterocycles. The van der Waals surface area contributed by atoms with Crippen molar-refractivity contribution in [2.75, 3.05) is 13.1 Å². The number of carbonyl (C=O) groups is 1. The first-order valence-corrected chi connectivity index (χ1v) is 6.18. The molecule has 0 aromatic carbocycles. The van der Waals surface area contributed by atoms with Crippen molar-refractivity contribution in [2.45, 2.75) is 25.8 Å². The predicted octanol–water partition coefficient (Wildman–Crippen LogP) is 1.26. The normalized spacial score (nSPS) is 21.8. The number of hydrogen-bond donors (Lipinski definition) is 2. The molecule has 1 aliphatic rings. The second-order valence-electron chi connectivity index (χ2n) is 4.56. The van der Waals surface area contributed by atoms with Crippen molar-refractivity contribution in [2.24, 2.45) is 5.92 Å². The van der Waals surface area contributed by atoms with Gasteiger partial charge in [0.1, 0.15) is 0 Å². The maximum absolute atomic E-state index is 12.0. The van der Waals surface area contributed by atoms with Crippen molar-refractivity contribution in [3.05, 3.63) is 30.1 Å². The summed E-state index contributed by atoms with van der Waals surface area (Å²) in [5.74, 6) is 0.261. The lowest BCUT2D eigenvalue weighted by atomic mass is 9.98. The average Bonchev–Trinajstić information content (AvgIpc) is 2.40. The largest absolute Gasteiger partial charge is 0.349 e. The lowest BCUT2D eigenvalue weighted by molar-refractivity contribution is -0.126. The third-order valence-electron chi connectivity index (χ3n) is 3.21. The Kier molecular flexibility index (Phi) is 4.09. The highest BCUT2D eigenvalue weighted by molar-refractivity contribution is 5.79. The Morgan fingerprint density at radius 2 is 2.53 bits per heavy atom. The van der Waals surface area contributed by atoms with E-state index < -0.39 is 0 Å². The number of hydrogen-bond acceptors (Lipinski definition) is 3. The highest BCUT2D eigenvalue weighted by atomic mass is 16.1. The molecule has 92 valence electrons. The van der Waals surface area contributed by atoms with Crippen LogP contribution in [0.4, 0.5) is 0 Å². The predicted molar refractivity (Wildman–Crippen MR) is 66.4 cm³/mol. The zero-order chi connectivity index (χ0) is 12.1. The minimum atomic E-state index is 0.0260. The van der Waals surface area contributed by atoms with Gasteiger partial charge < -0.3 is 10.6 Å². The number of piperidine rings is 1. The van der Waals surface area contributed by atoms with Gasteiger partial charge in [-0.15, -0.1) is 0 Å². The first kappa shape index (κ1) is 12.0. The van der Waals surface area contributed by atoms with Crippen LogP contribution in [0.1, 0.15) is 31.4 Å². The van der Waals surface area contributed by atoms with E-state index in [0.717, 1.165) is 31.5 Å². The third-order valence-corrected chi connectivity index (χ3v) is 3.21. The molecule has 0 bridgehead atoms. The molecule has 2 N–H and O–H groups in total. The number of nitrogens with one attached hydrogen (secondary N) is 2. The Labute approximate surface area is 102 Å². The molecule has 2 rings (SSSR count). The van der Waals surface area contributed by atoms with E-state index in [2.05, 4.69) is 15.6 Å². The zero-order valence-electron chi connectivity index (χ0n) is 10.1. The van der Waals surface area contributed by atoms with Gasteiger partial charge in [0.05, 0.1) is 12.0 Å². The lowest BCUT2D eigenvalue weighted by Crippen LogP contribution is -2.41. The third kappa shape index (κ3) is 3.27. The topological polar surface area (TPSA) is 54.0 Å². The fraction of sp³-hybridized carbons (Fsp3) is 0.538. The van der Waals surface area contributed by atoms with Crippen molar-refractivity contribution in [1.82, 2.24) is 15.6 Å². The van der Waals surface area contributed by atoms with Gasteiger partial charge in [0.15, 0.2) is 0 Å². The zero-order valence-corrected chi connectivity index (χ0v) is 10.1. The molecule has 17 heavy (non-hydrogen) atoms. The molecule has 0 radical (unpaired) electrons. The minimum absolute atomic E-state index is 0.0260. The molecule has 1 amide bonds. The SMILES string of the molecule is C[C@H](NC(=O)C1CCCNC1)c1cccnc1. The number of nitrogens with zero attached hydrogens (tertiary/aromatic N) is 1. The van der Waals surface area contributed by atoms with Crippen molar-refractivity contribution in [3.8, 4) is 0 Å². The molecular formula is C13H19N3O. The summed E-state index contributed by atoms with van der Waals surface area (Å²) in [5.41, 5.74) is 1.05. The van der Waals surface area contributed by atoms with Crippen LogP contribution < -0.4 is 10.6 Å². The van der Waals surface area contributed by atoms with E-state index in [1.165, 1.54) is 0 Å². The van der Waals surface area contributed by atoms with E-state index in [9.17, 15) is 4.79 Å². The highest BCUT2D eigenvalue weighted by Gasteiger charge is 2.22. The summed E-state index contributed by atoms with van der Waals surface area (Å²) in [6, 6.07) is 3.90. The summed E-state index contributed by atoms with van der Waals surface area (Å²) >= 11 is 0. The Morgan fingerprint density at radius 1 is 1.65 bits per heavy atom. The molecule has 4 heteroatoms. The summed E-state index contributed by atoms with van der Waals surface area (Å²) in [6.45, 7) is 3.82. The molecule has 0 spiro atoms. The smallest absolute Gasteiger partial charge is 0.224 e. The summed E-state index contributed by atoms with van der Waals surface area (Å²) in [5, 5.41) is 6.30. The van der Waals surface area contributed by atoms with Crippen LogP contribution in [0.3, 0.4) is 0 Å². The first-order valence-electron chi connectivity index (χ1n) is 6.18. The Morgan fingerprint density at radius 3 is 3.18 bits per heavy atom. The van der Waals surface area contributed by atoms with Crippen LogP contribution in [0.15, 0.2) is 24.5 Å².